The number of piperidine rings is 1. The second-order valence-electron chi connectivity index (χ2n) is 7.33. The van der Waals surface area contributed by atoms with Crippen molar-refractivity contribution in [3.63, 3.8) is 0 Å². The Balaban J connectivity index is 1.52. The van der Waals surface area contributed by atoms with Crippen molar-refractivity contribution in [2.75, 3.05) is 19.3 Å². The summed E-state index contributed by atoms with van der Waals surface area (Å²) in [5.74, 6) is 2.14. The van der Waals surface area contributed by atoms with E-state index in [9.17, 15) is 8.42 Å². The van der Waals surface area contributed by atoms with Crippen LogP contribution in [0.3, 0.4) is 0 Å². The molecule has 7 heteroatoms. The van der Waals surface area contributed by atoms with Gasteiger partial charge in [0.15, 0.2) is 0 Å². The number of hydrogen-bond acceptors (Lipinski definition) is 4. The van der Waals surface area contributed by atoms with Crippen molar-refractivity contribution in [3.05, 3.63) is 60.4 Å². The van der Waals surface area contributed by atoms with Gasteiger partial charge < -0.3 is 9.30 Å². The first-order valence-electron chi connectivity index (χ1n) is 9.58. The van der Waals surface area contributed by atoms with Crippen LogP contribution in [0.25, 0.3) is 11.0 Å². The van der Waals surface area contributed by atoms with E-state index in [1.807, 2.05) is 48.5 Å². The van der Waals surface area contributed by atoms with Crippen LogP contribution in [-0.2, 0) is 23.2 Å². The number of nitrogens with zero attached hydrogens (tertiary/aromatic N) is 3. The largest absolute Gasteiger partial charge is 0.486 e. The molecule has 1 aromatic heterocycles. The van der Waals surface area contributed by atoms with Gasteiger partial charge in [-0.2, -0.15) is 0 Å². The van der Waals surface area contributed by atoms with Gasteiger partial charge in [-0.15, -0.1) is 0 Å². The molecule has 0 radical (unpaired) electrons. The predicted molar refractivity (Wildman–Crippen MR) is 110 cm³/mol. The molecule has 0 aliphatic carbocycles. The van der Waals surface area contributed by atoms with Crippen molar-refractivity contribution in [2.45, 2.75) is 26.0 Å². The van der Waals surface area contributed by atoms with E-state index in [-0.39, 0.29) is 0 Å². The normalized spacial score (nSPS) is 16.5. The van der Waals surface area contributed by atoms with Gasteiger partial charge in [-0.05, 0) is 43.0 Å². The topological polar surface area (TPSA) is 64.4 Å². The maximum atomic E-state index is 11.8. The third-order valence-electron chi connectivity index (χ3n) is 5.33. The van der Waals surface area contributed by atoms with E-state index in [0.717, 1.165) is 42.0 Å². The van der Waals surface area contributed by atoms with Gasteiger partial charge in [-0.25, -0.2) is 17.7 Å². The molecule has 2 aromatic carbocycles. The Labute approximate surface area is 165 Å². The lowest BCUT2D eigenvalue weighted by Gasteiger charge is -2.30. The van der Waals surface area contributed by atoms with Gasteiger partial charge in [-0.3, -0.25) is 0 Å². The van der Waals surface area contributed by atoms with E-state index in [1.165, 1.54) is 6.26 Å². The monoisotopic (exact) mass is 399 g/mol. The van der Waals surface area contributed by atoms with E-state index in [0.29, 0.717) is 25.6 Å². The Morgan fingerprint density at radius 1 is 1.04 bits per heavy atom. The highest BCUT2D eigenvalue weighted by Gasteiger charge is 2.26. The zero-order valence-corrected chi connectivity index (χ0v) is 16.8. The Kier molecular flexibility index (Phi) is 5.37. The molecule has 1 aliphatic rings. The van der Waals surface area contributed by atoms with Gasteiger partial charge in [0.1, 0.15) is 18.2 Å². The number of para-hydroxylation sites is 3. The Morgan fingerprint density at radius 3 is 2.43 bits per heavy atom. The van der Waals surface area contributed by atoms with Crippen LogP contribution in [0.4, 0.5) is 0 Å². The van der Waals surface area contributed by atoms with Gasteiger partial charge in [-0.1, -0.05) is 30.3 Å². The van der Waals surface area contributed by atoms with Crippen molar-refractivity contribution >= 4 is 21.1 Å². The fraction of sp³-hybridized carbons (Fsp3) is 0.381. The molecule has 6 nitrogen and oxygen atoms in total. The van der Waals surface area contributed by atoms with Gasteiger partial charge >= 0.3 is 0 Å². The molecule has 0 amide bonds. The van der Waals surface area contributed by atoms with E-state index in [2.05, 4.69) is 10.6 Å². The molecule has 0 N–H and O–H groups in total. The lowest BCUT2D eigenvalue weighted by molar-refractivity contribution is 0.245. The smallest absolute Gasteiger partial charge is 0.211 e. The first-order chi connectivity index (χ1) is 13.5. The third kappa shape index (κ3) is 4.20. The Hall–Kier alpha value is -2.38. The average Bonchev–Trinajstić information content (AvgIpc) is 3.04. The van der Waals surface area contributed by atoms with E-state index in [4.69, 9.17) is 9.72 Å². The van der Waals surface area contributed by atoms with Crippen molar-refractivity contribution < 1.29 is 13.2 Å². The number of fused-ring (bicyclic) bond motifs is 1. The number of aromatic nitrogens is 2. The molecule has 28 heavy (non-hydrogen) atoms. The minimum Gasteiger partial charge on any atom is -0.486 e. The molecule has 1 fully saturated rings. The lowest BCUT2D eigenvalue weighted by Crippen LogP contribution is -2.38. The highest BCUT2D eigenvalue weighted by Crippen LogP contribution is 2.25. The summed E-state index contributed by atoms with van der Waals surface area (Å²) in [4.78, 5) is 4.78. The minimum absolute atomic E-state index is 0.404. The molecule has 0 atom stereocenters. The fourth-order valence-electron chi connectivity index (χ4n) is 3.79. The van der Waals surface area contributed by atoms with Gasteiger partial charge in [0, 0.05) is 19.6 Å². The molecule has 3 aromatic rings. The van der Waals surface area contributed by atoms with Crippen LogP contribution in [0.15, 0.2) is 54.6 Å². The number of rotatable bonds is 6. The third-order valence-corrected chi connectivity index (χ3v) is 6.63. The molecular weight excluding hydrogens is 374 g/mol. The number of ether oxygens (including phenoxy) is 1. The Morgan fingerprint density at radius 2 is 1.71 bits per heavy atom. The second-order valence-corrected chi connectivity index (χ2v) is 9.32. The van der Waals surface area contributed by atoms with E-state index >= 15 is 0 Å². The second kappa shape index (κ2) is 7.93. The maximum absolute atomic E-state index is 11.8. The highest BCUT2D eigenvalue weighted by molar-refractivity contribution is 7.88. The first-order valence-corrected chi connectivity index (χ1v) is 11.4. The molecule has 0 spiro atoms. The zero-order valence-electron chi connectivity index (χ0n) is 16.0. The van der Waals surface area contributed by atoms with Gasteiger partial charge in [0.05, 0.1) is 17.3 Å². The number of imidazole rings is 1. The fourth-order valence-corrected chi connectivity index (χ4v) is 4.66. The van der Waals surface area contributed by atoms with Crippen LogP contribution in [0.5, 0.6) is 5.75 Å². The van der Waals surface area contributed by atoms with Crippen molar-refractivity contribution in [3.8, 4) is 5.75 Å². The average molecular weight is 400 g/mol. The molecule has 148 valence electrons. The van der Waals surface area contributed by atoms with Crippen molar-refractivity contribution in [2.24, 2.45) is 5.92 Å². The van der Waals surface area contributed by atoms with Crippen LogP contribution in [0.1, 0.15) is 18.7 Å². The number of sulfonamides is 1. The quantitative estimate of drug-likeness (QED) is 0.638. The molecule has 0 bridgehead atoms. The molecule has 0 saturated carbocycles. The first kappa shape index (κ1) is 19.0. The van der Waals surface area contributed by atoms with Crippen molar-refractivity contribution in [1.29, 1.82) is 0 Å². The minimum atomic E-state index is -3.10. The predicted octanol–water partition coefficient (Wildman–Crippen LogP) is 3.29. The summed E-state index contributed by atoms with van der Waals surface area (Å²) in [6, 6.07) is 17.9. The molecule has 1 aliphatic heterocycles. The summed E-state index contributed by atoms with van der Waals surface area (Å²) >= 11 is 0. The van der Waals surface area contributed by atoms with Crippen molar-refractivity contribution in [1.82, 2.24) is 13.9 Å². The van der Waals surface area contributed by atoms with E-state index in [1.54, 1.807) is 4.31 Å². The Bertz CT molecular complexity index is 1040. The summed E-state index contributed by atoms with van der Waals surface area (Å²) in [5.41, 5.74) is 2.06. The summed E-state index contributed by atoms with van der Waals surface area (Å²) in [6.45, 7) is 2.41. The molecule has 2 heterocycles. The summed E-state index contributed by atoms with van der Waals surface area (Å²) in [6.07, 6.45) is 3.01. The van der Waals surface area contributed by atoms with Crippen LogP contribution in [0.2, 0.25) is 0 Å². The maximum Gasteiger partial charge on any atom is 0.211 e. The van der Waals surface area contributed by atoms with E-state index < -0.39 is 10.0 Å². The summed E-state index contributed by atoms with van der Waals surface area (Å²) in [7, 11) is -3.10. The molecule has 4 rings (SSSR count). The number of hydrogen-bond donors (Lipinski definition) is 0. The summed E-state index contributed by atoms with van der Waals surface area (Å²) < 4.78 is 33.3. The van der Waals surface area contributed by atoms with Crippen LogP contribution in [0, 0.1) is 5.92 Å². The van der Waals surface area contributed by atoms with Gasteiger partial charge in [0.2, 0.25) is 10.0 Å². The molecular formula is C21H25N3O3S. The lowest BCUT2D eigenvalue weighted by atomic mass is 9.98. The standard InChI is InChI=1S/C21H25N3O3S/c1-28(25,26)23-13-11-17(12-14-23)15-24-20-10-6-5-9-19(20)22-21(24)16-27-18-7-3-2-4-8-18/h2-10,17H,11-16H2,1H3. The van der Waals surface area contributed by atoms with Crippen LogP contribution in [-0.4, -0.2) is 41.6 Å². The zero-order chi connectivity index (χ0) is 19.6. The highest BCUT2D eigenvalue weighted by atomic mass is 32.2. The molecule has 1 saturated heterocycles. The van der Waals surface area contributed by atoms with Crippen LogP contribution < -0.4 is 4.74 Å². The SMILES string of the molecule is CS(=O)(=O)N1CCC(Cn2c(COc3ccccc3)nc3ccccc32)CC1. The summed E-state index contributed by atoms with van der Waals surface area (Å²) in [5, 5.41) is 0. The number of benzene rings is 2. The van der Waals surface area contributed by atoms with Crippen LogP contribution >= 0.6 is 0 Å². The molecule has 0 unspecified atom stereocenters. The van der Waals surface area contributed by atoms with Gasteiger partial charge in [0.25, 0.3) is 0 Å².